The number of carbonyl (C=O) groups excluding carboxylic acids is 2. The van der Waals surface area contributed by atoms with Crippen molar-refractivity contribution < 1.29 is 14.3 Å². The van der Waals surface area contributed by atoms with Crippen molar-refractivity contribution in [3.05, 3.63) is 34.7 Å². The molecule has 114 valence electrons. The third-order valence-corrected chi connectivity index (χ3v) is 3.62. The molecule has 0 unspecified atom stereocenters. The van der Waals surface area contributed by atoms with E-state index in [1.807, 2.05) is 31.2 Å². The van der Waals surface area contributed by atoms with Gasteiger partial charge in [-0.05, 0) is 42.5 Å². The molecule has 2 amide bonds. The number of ether oxygens (including phenoxy) is 1. The van der Waals surface area contributed by atoms with Crippen molar-refractivity contribution in [1.29, 1.82) is 0 Å². The van der Waals surface area contributed by atoms with Crippen LogP contribution in [0.3, 0.4) is 0 Å². The SMILES string of the molecule is CCOc1ccc(C=C2SC(=O)N(CCN)C2=O)cc1.Cl. The third-order valence-electron chi connectivity index (χ3n) is 2.72. The summed E-state index contributed by atoms with van der Waals surface area (Å²) in [6.45, 7) is 3.05. The number of nitrogens with zero attached hydrogens (tertiary/aromatic N) is 1. The van der Waals surface area contributed by atoms with Crippen LogP contribution in [0.1, 0.15) is 12.5 Å². The number of benzene rings is 1. The number of hydrogen-bond acceptors (Lipinski definition) is 5. The minimum absolute atomic E-state index is 0. The lowest BCUT2D eigenvalue weighted by molar-refractivity contribution is -0.122. The van der Waals surface area contributed by atoms with E-state index in [0.29, 0.717) is 11.5 Å². The second kappa shape index (κ2) is 8.07. The van der Waals surface area contributed by atoms with Gasteiger partial charge in [0.05, 0.1) is 11.5 Å². The van der Waals surface area contributed by atoms with E-state index in [0.717, 1.165) is 23.1 Å². The number of nitrogens with two attached hydrogens (primary N) is 1. The second-order valence-electron chi connectivity index (χ2n) is 4.12. The number of halogens is 1. The molecule has 0 aliphatic carbocycles. The second-order valence-corrected chi connectivity index (χ2v) is 5.12. The van der Waals surface area contributed by atoms with E-state index in [4.69, 9.17) is 10.5 Å². The minimum Gasteiger partial charge on any atom is -0.494 e. The van der Waals surface area contributed by atoms with Gasteiger partial charge in [0.1, 0.15) is 5.75 Å². The van der Waals surface area contributed by atoms with Gasteiger partial charge >= 0.3 is 0 Å². The fourth-order valence-corrected chi connectivity index (χ4v) is 2.67. The van der Waals surface area contributed by atoms with Crippen LogP contribution in [-0.4, -0.2) is 35.7 Å². The zero-order chi connectivity index (χ0) is 14.5. The molecule has 0 saturated carbocycles. The Hall–Kier alpha value is -1.50. The Morgan fingerprint density at radius 2 is 1.95 bits per heavy atom. The fourth-order valence-electron chi connectivity index (χ4n) is 1.80. The van der Waals surface area contributed by atoms with Gasteiger partial charge in [-0.1, -0.05) is 12.1 Å². The van der Waals surface area contributed by atoms with Crippen molar-refractivity contribution in [2.75, 3.05) is 19.7 Å². The first kappa shape index (κ1) is 17.6. The highest BCUT2D eigenvalue weighted by Crippen LogP contribution is 2.32. The van der Waals surface area contributed by atoms with E-state index in [2.05, 4.69) is 0 Å². The van der Waals surface area contributed by atoms with Crippen molar-refractivity contribution in [2.24, 2.45) is 5.73 Å². The highest BCUT2D eigenvalue weighted by atomic mass is 35.5. The molecule has 0 aromatic heterocycles. The van der Waals surface area contributed by atoms with Crippen LogP contribution in [-0.2, 0) is 4.79 Å². The van der Waals surface area contributed by atoms with Crippen LogP contribution in [0.5, 0.6) is 5.75 Å². The molecule has 2 N–H and O–H groups in total. The monoisotopic (exact) mass is 328 g/mol. The maximum atomic E-state index is 12.0. The molecule has 0 radical (unpaired) electrons. The molecule has 1 aliphatic rings. The molecule has 21 heavy (non-hydrogen) atoms. The number of rotatable bonds is 5. The van der Waals surface area contributed by atoms with Gasteiger partial charge in [0.25, 0.3) is 11.1 Å². The summed E-state index contributed by atoms with van der Waals surface area (Å²) in [5, 5.41) is -0.266. The van der Waals surface area contributed by atoms with Crippen molar-refractivity contribution >= 4 is 41.4 Å². The van der Waals surface area contributed by atoms with Crippen LogP contribution in [0.15, 0.2) is 29.2 Å². The first-order valence-corrected chi connectivity index (χ1v) is 7.15. The number of amides is 2. The molecule has 1 fully saturated rings. The van der Waals surface area contributed by atoms with E-state index in [9.17, 15) is 9.59 Å². The van der Waals surface area contributed by atoms with E-state index in [-0.39, 0.29) is 36.6 Å². The zero-order valence-electron chi connectivity index (χ0n) is 11.6. The quantitative estimate of drug-likeness (QED) is 0.841. The lowest BCUT2D eigenvalue weighted by Crippen LogP contribution is -2.33. The molecule has 2 rings (SSSR count). The summed E-state index contributed by atoms with van der Waals surface area (Å²) in [5.74, 6) is 0.500. The maximum Gasteiger partial charge on any atom is 0.293 e. The van der Waals surface area contributed by atoms with Crippen molar-refractivity contribution in [3.63, 3.8) is 0 Å². The van der Waals surface area contributed by atoms with E-state index >= 15 is 0 Å². The average Bonchev–Trinajstić information content (AvgIpc) is 2.69. The highest BCUT2D eigenvalue weighted by Gasteiger charge is 2.34. The third kappa shape index (κ3) is 4.23. The molecule has 5 nitrogen and oxygen atoms in total. The molecular weight excluding hydrogens is 312 g/mol. The van der Waals surface area contributed by atoms with E-state index < -0.39 is 0 Å². The molecule has 1 saturated heterocycles. The molecule has 0 atom stereocenters. The molecule has 1 aromatic rings. The van der Waals surface area contributed by atoms with Gasteiger partial charge in [-0.2, -0.15) is 0 Å². The van der Waals surface area contributed by atoms with Crippen molar-refractivity contribution in [2.45, 2.75) is 6.92 Å². The van der Waals surface area contributed by atoms with Crippen LogP contribution in [0.4, 0.5) is 4.79 Å². The van der Waals surface area contributed by atoms with Crippen LogP contribution in [0.25, 0.3) is 6.08 Å². The van der Waals surface area contributed by atoms with Gasteiger partial charge < -0.3 is 10.5 Å². The predicted octanol–water partition coefficient (Wildman–Crippen LogP) is 2.50. The average molecular weight is 329 g/mol. The first-order valence-electron chi connectivity index (χ1n) is 6.34. The van der Waals surface area contributed by atoms with Crippen LogP contribution in [0, 0.1) is 0 Å². The van der Waals surface area contributed by atoms with Gasteiger partial charge in [-0.25, -0.2) is 0 Å². The smallest absolute Gasteiger partial charge is 0.293 e. The summed E-state index contributed by atoms with van der Waals surface area (Å²) < 4.78 is 5.35. The van der Waals surface area contributed by atoms with Gasteiger partial charge in [-0.3, -0.25) is 14.5 Å². The molecule has 0 spiro atoms. The largest absolute Gasteiger partial charge is 0.494 e. The summed E-state index contributed by atoms with van der Waals surface area (Å²) >= 11 is 0.943. The lowest BCUT2D eigenvalue weighted by Gasteiger charge is -2.09. The van der Waals surface area contributed by atoms with Gasteiger partial charge in [0.2, 0.25) is 0 Å². The standard InChI is InChI=1S/C14H16N2O3S.ClH/c1-2-19-11-5-3-10(4-6-11)9-12-13(17)16(8-7-15)14(18)20-12;/h3-6,9H,2,7-8,15H2,1H3;1H. The summed E-state index contributed by atoms with van der Waals surface area (Å²) in [5.41, 5.74) is 6.24. The van der Waals surface area contributed by atoms with Crippen LogP contribution >= 0.6 is 24.2 Å². The van der Waals surface area contributed by atoms with Gasteiger partial charge in [-0.15, -0.1) is 12.4 Å². The Bertz CT molecular complexity index is 546. The number of hydrogen-bond donors (Lipinski definition) is 1. The van der Waals surface area contributed by atoms with Gasteiger partial charge in [0, 0.05) is 13.1 Å². The molecule has 1 aliphatic heterocycles. The maximum absolute atomic E-state index is 12.0. The Kier molecular flexibility index (Phi) is 6.74. The van der Waals surface area contributed by atoms with E-state index in [1.54, 1.807) is 6.08 Å². The Labute approximate surface area is 133 Å². The molecular formula is C14H17ClN2O3S. The molecule has 0 bridgehead atoms. The van der Waals surface area contributed by atoms with Crippen molar-refractivity contribution in [3.8, 4) is 5.75 Å². The Balaban J connectivity index is 0.00000220. The van der Waals surface area contributed by atoms with Crippen LogP contribution in [0.2, 0.25) is 0 Å². The number of carbonyl (C=O) groups is 2. The van der Waals surface area contributed by atoms with Gasteiger partial charge in [0.15, 0.2) is 0 Å². The molecule has 1 aromatic carbocycles. The summed E-state index contributed by atoms with van der Waals surface area (Å²) in [6, 6.07) is 7.36. The topological polar surface area (TPSA) is 72.6 Å². The van der Waals surface area contributed by atoms with Crippen molar-refractivity contribution in [1.82, 2.24) is 4.90 Å². The first-order chi connectivity index (χ1) is 9.65. The Morgan fingerprint density at radius 3 is 2.52 bits per heavy atom. The summed E-state index contributed by atoms with van der Waals surface area (Å²) in [6.07, 6.45) is 1.71. The number of imide groups is 1. The molecule has 1 heterocycles. The normalized spacial score (nSPS) is 16.3. The zero-order valence-corrected chi connectivity index (χ0v) is 13.2. The number of thioether (sulfide) groups is 1. The fraction of sp³-hybridized carbons (Fsp3) is 0.286. The summed E-state index contributed by atoms with van der Waals surface area (Å²) in [7, 11) is 0. The molecule has 7 heteroatoms. The Morgan fingerprint density at radius 1 is 1.29 bits per heavy atom. The van der Waals surface area contributed by atoms with Crippen LogP contribution < -0.4 is 10.5 Å². The summed E-state index contributed by atoms with van der Waals surface area (Å²) in [4.78, 5) is 25.3. The van der Waals surface area contributed by atoms with E-state index in [1.165, 1.54) is 4.90 Å². The lowest BCUT2D eigenvalue weighted by atomic mass is 10.2. The minimum atomic E-state index is -0.278. The highest BCUT2D eigenvalue weighted by molar-refractivity contribution is 8.18. The predicted molar refractivity (Wildman–Crippen MR) is 86.6 cm³/mol.